The van der Waals surface area contributed by atoms with Gasteiger partial charge in [-0.3, -0.25) is 9.63 Å². The predicted octanol–water partition coefficient (Wildman–Crippen LogP) is 4.94. The van der Waals surface area contributed by atoms with Crippen molar-refractivity contribution < 1.29 is 9.63 Å². The van der Waals surface area contributed by atoms with Gasteiger partial charge in [0.15, 0.2) is 0 Å². The van der Waals surface area contributed by atoms with Gasteiger partial charge in [0.2, 0.25) is 0 Å². The van der Waals surface area contributed by atoms with E-state index in [9.17, 15) is 4.79 Å². The Bertz CT molecular complexity index is 770. The number of hydrogen-bond donors (Lipinski definition) is 0. The molecule has 0 saturated carbocycles. The summed E-state index contributed by atoms with van der Waals surface area (Å²) in [5, 5.41) is 1.45. The van der Waals surface area contributed by atoms with Gasteiger partial charge in [0.05, 0.1) is 11.6 Å². The molecule has 1 atom stereocenters. The van der Waals surface area contributed by atoms with Crippen LogP contribution in [0.3, 0.4) is 0 Å². The molecule has 130 valence electrons. The highest BCUT2D eigenvalue weighted by molar-refractivity contribution is 5.94. The third-order valence-corrected chi connectivity index (χ3v) is 4.47. The van der Waals surface area contributed by atoms with Crippen LogP contribution in [0.25, 0.3) is 5.70 Å². The first-order valence-corrected chi connectivity index (χ1v) is 8.70. The first-order valence-electron chi connectivity index (χ1n) is 8.70. The summed E-state index contributed by atoms with van der Waals surface area (Å²) in [5.41, 5.74) is 4.24. The second-order valence-corrected chi connectivity index (χ2v) is 7.56. The molecule has 3 nitrogen and oxygen atoms in total. The Morgan fingerprint density at radius 2 is 1.64 bits per heavy atom. The third-order valence-electron chi connectivity index (χ3n) is 4.47. The van der Waals surface area contributed by atoms with Crippen molar-refractivity contribution in [2.24, 2.45) is 5.92 Å². The molecule has 1 heterocycles. The molecule has 0 radical (unpaired) electrons. The Labute approximate surface area is 149 Å². The van der Waals surface area contributed by atoms with Crippen molar-refractivity contribution in [3.8, 4) is 0 Å². The van der Waals surface area contributed by atoms with Crippen LogP contribution < -0.4 is 0 Å². The lowest BCUT2D eigenvalue weighted by Gasteiger charge is -2.22. The molecule has 2 aromatic carbocycles. The summed E-state index contributed by atoms with van der Waals surface area (Å²) in [7, 11) is 0. The van der Waals surface area contributed by atoms with Crippen LogP contribution in [0.4, 0.5) is 0 Å². The van der Waals surface area contributed by atoms with Crippen molar-refractivity contribution in [2.45, 2.75) is 39.7 Å². The summed E-state index contributed by atoms with van der Waals surface area (Å²) >= 11 is 0. The molecule has 1 aliphatic heterocycles. The van der Waals surface area contributed by atoms with E-state index >= 15 is 0 Å². The Morgan fingerprint density at radius 3 is 2.24 bits per heavy atom. The Kier molecular flexibility index (Phi) is 4.78. The number of carbonyl (C=O) groups excluding carboxylic acids is 1. The molecule has 3 rings (SSSR count). The fourth-order valence-corrected chi connectivity index (χ4v) is 2.88. The van der Waals surface area contributed by atoms with E-state index in [4.69, 9.17) is 4.84 Å². The third kappa shape index (κ3) is 3.83. The van der Waals surface area contributed by atoms with Crippen molar-refractivity contribution in [3.05, 3.63) is 77.4 Å². The van der Waals surface area contributed by atoms with Gasteiger partial charge in [-0.05, 0) is 29.5 Å². The first-order chi connectivity index (χ1) is 11.9. The van der Waals surface area contributed by atoms with E-state index in [1.165, 1.54) is 10.6 Å². The number of hydroxylamine groups is 2. The van der Waals surface area contributed by atoms with Crippen molar-refractivity contribution in [3.63, 3.8) is 0 Å². The number of hydrogen-bond acceptors (Lipinski definition) is 2. The van der Waals surface area contributed by atoms with Crippen LogP contribution in [-0.2, 0) is 21.7 Å². The maximum absolute atomic E-state index is 12.5. The average molecular weight is 335 g/mol. The van der Waals surface area contributed by atoms with Crippen LogP contribution in [0, 0.1) is 5.92 Å². The highest BCUT2D eigenvalue weighted by Gasteiger charge is 2.32. The van der Waals surface area contributed by atoms with Crippen molar-refractivity contribution >= 4 is 11.6 Å². The van der Waals surface area contributed by atoms with E-state index < -0.39 is 0 Å². The summed E-state index contributed by atoms with van der Waals surface area (Å²) in [4.78, 5) is 18.3. The molecule has 25 heavy (non-hydrogen) atoms. The molecule has 0 N–H and O–H groups in total. The zero-order chi connectivity index (χ0) is 18.0. The molecule has 0 aromatic heterocycles. The van der Waals surface area contributed by atoms with Crippen LogP contribution >= 0.6 is 0 Å². The summed E-state index contributed by atoms with van der Waals surface area (Å²) in [6.07, 6.45) is 1.97. The van der Waals surface area contributed by atoms with Gasteiger partial charge in [0, 0.05) is 5.56 Å². The fourth-order valence-electron chi connectivity index (χ4n) is 2.88. The molecule has 2 aromatic rings. The second kappa shape index (κ2) is 6.85. The highest BCUT2D eigenvalue weighted by atomic mass is 16.7. The number of rotatable bonds is 4. The predicted molar refractivity (Wildman–Crippen MR) is 100 cm³/mol. The standard InChI is InChI=1S/C22H25NO2/c1-16-14-20(18-10-12-19(13-11-18)22(2,3)4)23(21(16)24)25-15-17-8-6-5-7-9-17/h5-14,16H,15H2,1-4H3. The van der Waals surface area contributed by atoms with E-state index in [1.54, 1.807) is 0 Å². The van der Waals surface area contributed by atoms with Crippen LogP contribution in [0.15, 0.2) is 60.7 Å². The zero-order valence-corrected chi connectivity index (χ0v) is 15.3. The summed E-state index contributed by atoms with van der Waals surface area (Å²) < 4.78 is 0. The van der Waals surface area contributed by atoms with Gasteiger partial charge in [0.25, 0.3) is 5.91 Å². The van der Waals surface area contributed by atoms with Crippen molar-refractivity contribution in [2.75, 3.05) is 0 Å². The minimum Gasteiger partial charge on any atom is -0.271 e. The van der Waals surface area contributed by atoms with Crippen LogP contribution in [0.2, 0.25) is 0 Å². The highest BCUT2D eigenvalue weighted by Crippen LogP contribution is 2.32. The number of amides is 1. The first kappa shape index (κ1) is 17.4. The molecule has 3 heteroatoms. The lowest BCUT2D eigenvalue weighted by Crippen LogP contribution is -2.27. The summed E-state index contributed by atoms with van der Waals surface area (Å²) in [5.74, 6) is -0.195. The van der Waals surface area contributed by atoms with E-state index in [-0.39, 0.29) is 17.2 Å². The van der Waals surface area contributed by atoms with Crippen LogP contribution in [0.1, 0.15) is 44.4 Å². The molecule has 0 fully saturated rings. The summed E-state index contributed by atoms with van der Waals surface area (Å²) in [6, 6.07) is 18.3. The molecule has 0 saturated heterocycles. The van der Waals surface area contributed by atoms with Gasteiger partial charge in [-0.15, -0.1) is 0 Å². The van der Waals surface area contributed by atoms with Gasteiger partial charge < -0.3 is 0 Å². The topological polar surface area (TPSA) is 29.5 Å². The fraction of sp³-hybridized carbons (Fsp3) is 0.318. The molecule has 0 spiro atoms. The minimum atomic E-state index is -0.173. The molecule has 0 aliphatic carbocycles. The molecule has 0 bridgehead atoms. The maximum atomic E-state index is 12.5. The number of nitrogens with zero attached hydrogens (tertiary/aromatic N) is 1. The largest absolute Gasteiger partial charge is 0.271 e. The zero-order valence-electron chi connectivity index (χ0n) is 15.3. The molecule has 1 amide bonds. The van der Waals surface area contributed by atoms with E-state index in [1.807, 2.05) is 43.3 Å². The smallest absolute Gasteiger partial charge is 0.257 e. The Morgan fingerprint density at radius 1 is 1.00 bits per heavy atom. The maximum Gasteiger partial charge on any atom is 0.257 e. The Balaban J connectivity index is 1.80. The molecular formula is C22H25NO2. The monoisotopic (exact) mass is 335 g/mol. The molecule has 1 aliphatic rings. The van der Waals surface area contributed by atoms with Gasteiger partial charge in [-0.1, -0.05) is 75.4 Å². The van der Waals surface area contributed by atoms with Crippen molar-refractivity contribution in [1.29, 1.82) is 0 Å². The minimum absolute atomic E-state index is 0.0224. The number of benzene rings is 2. The van der Waals surface area contributed by atoms with E-state index in [0.29, 0.717) is 6.61 Å². The quantitative estimate of drug-likeness (QED) is 0.792. The van der Waals surface area contributed by atoms with Crippen LogP contribution in [-0.4, -0.2) is 11.0 Å². The van der Waals surface area contributed by atoms with E-state index in [2.05, 4.69) is 45.0 Å². The normalized spacial score (nSPS) is 17.8. The van der Waals surface area contributed by atoms with Gasteiger partial charge >= 0.3 is 0 Å². The lowest BCUT2D eigenvalue weighted by molar-refractivity contribution is -0.169. The average Bonchev–Trinajstić information content (AvgIpc) is 2.88. The number of carbonyl (C=O) groups is 1. The second-order valence-electron chi connectivity index (χ2n) is 7.56. The van der Waals surface area contributed by atoms with Gasteiger partial charge in [0.1, 0.15) is 6.61 Å². The van der Waals surface area contributed by atoms with Gasteiger partial charge in [-0.25, -0.2) is 0 Å². The SMILES string of the molecule is CC1C=C(c2ccc(C(C)(C)C)cc2)N(OCc2ccccc2)C1=O. The van der Waals surface area contributed by atoms with Gasteiger partial charge in [-0.2, -0.15) is 5.06 Å². The lowest BCUT2D eigenvalue weighted by atomic mass is 9.86. The Hall–Kier alpha value is -2.39. The van der Waals surface area contributed by atoms with Crippen LogP contribution in [0.5, 0.6) is 0 Å². The van der Waals surface area contributed by atoms with Crippen molar-refractivity contribution in [1.82, 2.24) is 5.06 Å². The summed E-state index contributed by atoms with van der Waals surface area (Å²) in [6.45, 7) is 8.85. The molecular weight excluding hydrogens is 310 g/mol. The molecule has 1 unspecified atom stereocenters. The van der Waals surface area contributed by atoms with E-state index in [0.717, 1.165) is 16.8 Å².